The third-order valence-electron chi connectivity index (χ3n) is 3.49. The molecule has 0 saturated carbocycles. The standard InChI is InChI=1S/C14H17FN2O2/c1-16-13(18)10-6-8-17(9-7-10)14(19)11-2-4-12(15)5-3-11/h2-5,10H,6-9H2,1H3,(H,16,18). The quantitative estimate of drug-likeness (QED) is 0.878. The fourth-order valence-electron chi connectivity index (χ4n) is 2.32. The van der Waals surface area contributed by atoms with Gasteiger partial charge in [-0.05, 0) is 37.1 Å². The van der Waals surface area contributed by atoms with Crippen molar-refractivity contribution in [2.75, 3.05) is 20.1 Å². The average molecular weight is 264 g/mol. The van der Waals surface area contributed by atoms with Crippen molar-refractivity contribution in [3.8, 4) is 0 Å². The molecule has 0 atom stereocenters. The van der Waals surface area contributed by atoms with Crippen molar-refractivity contribution in [3.63, 3.8) is 0 Å². The Kier molecular flexibility index (Phi) is 4.14. The highest BCUT2D eigenvalue weighted by atomic mass is 19.1. The van der Waals surface area contributed by atoms with E-state index in [1.807, 2.05) is 0 Å². The summed E-state index contributed by atoms with van der Waals surface area (Å²) in [7, 11) is 1.62. The molecule has 0 bridgehead atoms. The van der Waals surface area contributed by atoms with Gasteiger partial charge in [0.25, 0.3) is 5.91 Å². The van der Waals surface area contributed by atoms with Crippen LogP contribution in [0.2, 0.25) is 0 Å². The molecule has 0 aliphatic carbocycles. The van der Waals surface area contributed by atoms with Gasteiger partial charge in [-0.15, -0.1) is 0 Å². The monoisotopic (exact) mass is 264 g/mol. The van der Waals surface area contributed by atoms with Crippen molar-refractivity contribution in [2.24, 2.45) is 5.92 Å². The SMILES string of the molecule is CNC(=O)C1CCN(C(=O)c2ccc(F)cc2)CC1. The van der Waals surface area contributed by atoms with Gasteiger partial charge in [0.15, 0.2) is 0 Å². The smallest absolute Gasteiger partial charge is 0.253 e. The van der Waals surface area contributed by atoms with Gasteiger partial charge in [-0.2, -0.15) is 0 Å². The van der Waals surface area contributed by atoms with Crippen LogP contribution in [0.1, 0.15) is 23.2 Å². The first-order chi connectivity index (χ1) is 9.11. The molecule has 4 nitrogen and oxygen atoms in total. The lowest BCUT2D eigenvalue weighted by molar-refractivity contribution is -0.125. The molecule has 1 aromatic rings. The highest BCUT2D eigenvalue weighted by molar-refractivity contribution is 5.94. The van der Waals surface area contributed by atoms with Crippen LogP contribution in [0.25, 0.3) is 0 Å². The van der Waals surface area contributed by atoms with E-state index in [1.54, 1.807) is 11.9 Å². The van der Waals surface area contributed by atoms with Crippen molar-refractivity contribution in [3.05, 3.63) is 35.6 Å². The van der Waals surface area contributed by atoms with Gasteiger partial charge in [0.1, 0.15) is 5.82 Å². The van der Waals surface area contributed by atoms with Gasteiger partial charge >= 0.3 is 0 Å². The number of rotatable bonds is 2. The highest BCUT2D eigenvalue weighted by Crippen LogP contribution is 2.19. The fourth-order valence-corrected chi connectivity index (χ4v) is 2.32. The summed E-state index contributed by atoms with van der Waals surface area (Å²) in [6, 6.07) is 5.54. The maximum atomic E-state index is 12.8. The van der Waals surface area contributed by atoms with Gasteiger partial charge in [-0.3, -0.25) is 9.59 Å². The number of carbonyl (C=O) groups is 2. The van der Waals surface area contributed by atoms with Crippen LogP contribution in [0.4, 0.5) is 4.39 Å². The maximum absolute atomic E-state index is 12.8. The molecule has 5 heteroatoms. The number of likely N-dealkylation sites (tertiary alicyclic amines) is 1. The molecule has 2 amide bonds. The molecule has 0 spiro atoms. The Labute approximate surface area is 111 Å². The van der Waals surface area contributed by atoms with Crippen molar-refractivity contribution in [1.82, 2.24) is 10.2 Å². The van der Waals surface area contributed by atoms with Crippen molar-refractivity contribution in [1.29, 1.82) is 0 Å². The molecule has 1 aliphatic rings. The molecule has 0 aromatic heterocycles. The highest BCUT2D eigenvalue weighted by Gasteiger charge is 2.27. The van der Waals surface area contributed by atoms with Crippen LogP contribution in [0, 0.1) is 11.7 Å². The minimum absolute atomic E-state index is 0.0118. The molecular formula is C14H17FN2O2. The van der Waals surface area contributed by atoms with Gasteiger partial charge in [-0.25, -0.2) is 4.39 Å². The van der Waals surface area contributed by atoms with Crippen LogP contribution >= 0.6 is 0 Å². The molecule has 102 valence electrons. The summed E-state index contributed by atoms with van der Waals surface area (Å²) in [5.74, 6) is -0.429. The Hall–Kier alpha value is -1.91. The first-order valence-corrected chi connectivity index (χ1v) is 6.38. The lowest BCUT2D eigenvalue weighted by atomic mass is 9.95. The van der Waals surface area contributed by atoms with Crippen molar-refractivity contribution < 1.29 is 14.0 Å². The average Bonchev–Trinajstić information content (AvgIpc) is 2.46. The largest absolute Gasteiger partial charge is 0.359 e. The van der Waals surface area contributed by atoms with E-state index in [0.29, 0.717) is 31.5 Å². The number of halogens is 1. The van der Waals surface area contributed by atoms with Crippen molar-refractivity contribution >= 4 is 11.8 Å². The Balaban J connectivity index is 1.96. The van der Waals surface area contributed by atoms with Crippen LogP contribution in [-0.4, -0.2) is 36.9 Å². The molecule has 19 heavy (non-hydrogen) atoms. The summed E-state index contributed by atoms with van der Waals surface area (Å²) in [6.07, 6.45) is 1.35. The van der Waals surface area contributed by atoms with E-state index in [9.17, 15) is 14.0 Å². The van der Waals surface area contributed by atoms with E-state index in [0.717, 1.165) is 0 Å². The van der Waals surface area contributed by atoms with Crippen molar-refractivity contribution in [2.45, 2.75) is 12.8 Å². The fraction of sp³-hybridized carbons (Fsp3) is 0.429. The molecule has 1 saturated heterocycles. The molecule has 2 rings (SSSR count). The number of hydrogen-bond acceptors (Lipinski definition) is 2. The molecule has 1 aliphatic heterocycles. The van der Waals surface area contributed by atoms with Crippen LogP contribution in [0.5, 0.6) is 0 Å². The second-order valence-corrected chi connectivity index (χ2v) is 4.69. The predicted octanol–water partition coefficient (Wildman–Crippen LogP) is 1.42. The number of piperidine rings is 1. The zero-order valence-electron chi connectivity index (χ0n) is 10.9. The second kappa shape index (κ2) is 5.82. The third-order valence-corrected chi connectivity index (χ3v) is 3.49. The Morgan fingerprint density at radius 1 is 1.21 bits per heavy atom. The van der Waals surface area contributed by atoms with Gasteiger partial charge in [-0.1, -0.05) is 0 Å². The summed E-state index contributed by atoms with van der Waals surface area (Å²) in [4.78, 5) is 25.4. The lowest BCUT2D eigenvalue weighted by Gasteiger charge is -2.31. The van der Waals surface area contributed by atoms with E-state index >= 15 is 0 Å². The second-order valence-electron chi connectivity index (χ2n) is 4.69. The van der Waals surface area contributed by atoms with Gasteiger partial charge in [0.05, 0.1) is 0 Å². The van der Waals surface area contributed by atoms with E-state index < -0.39 is 0 Å². The van der Waals surface area contributed by atoms with Gasteiger partial charge < -0.3 is 10.2 Å². The minimum atomic E-state index is -0.352. The van der Waals surface area contributed by atoms with E-state index in [2.05, 4.69) is 5.32 Å². The van der Waals surface area contributed by atoms with Gasteiger partial charge in [0, 0.05) is 31.6 Å². The normalized spacial score (nSPS) is 16.2. The molecule has 1 fully saturated rings. The van der Waals surface area contributed by atoms with Gasteiger partial charge in [0.2, 0.25) is 5.91 Å². The molecule has 0 unspecified atom stereocenters. The molecule has 1 aromatic carbocycles. The van der Waals surface area contributed by atoms with E-state index in [4.69, 9.17) is 0 Å². The Bertz CT molecular complexity index is 465. The predicted molar refractivity (Wildman–Crippen MR) is 69.1 cm³/mol. The van der Waals surface area contributed by atoms with Crippen LogP contribution < -0.4 is 5.32 Å². The summed E-state index contributed by atoms with van der Waals surface area (Å²) < 4.78 is 12.8. The first kappa shape index (κ1) is 13.5. The first-order valence-electron chi connectivity index (χ1n) is 6.38. The zero-order valence-corrected chi connectivity index (χ0v) is 10.9. The lowest BCUT2D eigenvalue weighted by Crippen LogP contribution is -2.42. The summed E-state index contributed by atoms with van der Waals surface area (Å²) in [6.45, 7) is 1.13. The number of carbonyl (C=O) groups excluding carboxylic acids is 2. The Morgan fingerprint density at radius 3 is 2.32 bits per heavy atom. The minimum Gasteiger partial charge on any atom is -0.359 e. The number of nitrogens with one attached hydrogen (secondary N) is 1. The van der Waals surface area contributed by atoms with Crippen LogP contribution in [0.15, 0.2) is 24.3 Å². The van der Waals surface area contributed by atoms with Crippen LogP contribution in [-0.2, 0) is 4.79 Å². The summed E-state index contributed by atoms with van der Waals surface area (Å²) >= 11 is 0. The summed E-state index contributed by atoms with van der Waals surface area (Å²) in [5, 5.41) is 2.63. The molecule has 1 N–H and O–H groups in total. The molecule has 0 radical (unpaired) electrons. The number of hydrogen-bond donors (Lipinski definition) is 1. The number of amides is 2. The number of nitrogens with zero attached hydrogens (tertiary/aromatic N) is 1. The van der Waals surface area contributed by atoms with Crippen LogP contribution in [0.3, 0.4) is 0 Å². The van der Waals surface area contributed by atoms with E-state index in [1.165, 1.54) is 24.3 Å². The number of benzene rings is 1. The Morgan fingerprint density at radius 2 is 1.79 bits per heavy atom. The summed E-state index contributed by atoms with van der Waals surface area (Å²) in [5.41, 5.74) is 0.486. The zero-order chi connectivity index (χ0) is 13.8. The topological polar surface area (TPSA) is 49.4 Å². The van der Waals surface area contributed by atoms with E-state index in [-0.39, 0.29) is 23.5 Å². The molecular weight excluding hydrogens is 247 g/mol. The maximum Gasteiger partial charge on any atom is 0.253 e. The third kappa shape index (κ3) is 3.10. The molecule has 1 heterocycles.